The third kappa shape index (κ3) is 4.75. The number of hydrogen-bond acceptors (Lipinski definition) is 5. The predicted molar refractivity (Wildman–Crippen MR) is 71.5 cm³/mol. The molecule has 0 saturated carbocycles. The first kappa shape index (κ1) is 16.9. The van der Waals surface area contributed by atoms with Gasteiger partial charge in [0, 0.05) is 19.5 Å². The van der Waals surface area contributed by atoms with Gasteiger partial charge in [0.15, 0.2) is 0 Å². The Kier molecular flexibility index (Phi) is 5.94. The maximum atomic E-state index is 12.2. The highest BCUT2D eigenvalue weighted by Crippen LogP contribution is 2.24. The van der Waals surface area contributed by atoms with Gasteiger partial charge in [0.05, 0.1) is 18.8 Å². The van der Waals surface area contributed by atoms with Crippen LogP contribution in [0.5, 0.6) is 0 Å². The highest BCUT2D eigenvalue weighted by atomic mass is 32.2. The van der Waals surface area contributed by atoms with Gasteiger partial charge in [-0.3, -0.25) is 9.59 Å². The fourth-order valence-corrected chi connectivity index (χ4v) is 3.99. The van der Waals surface area contributed by atoms with Crippen molar-refractivity contribution in [2.45, 2.75) is 26.2 Å². The van der Waals surface area contributed by atoms with E-state index in [1.54, 1.807) is 0 Å². The van der Waals surface area contributed by atoms with Gasteiger partial charge in [-0.2, -0.15) is 0 Å². The Balaban J connectivity index is 2.61. The van der Waals surface area contributed by atoms with Crippen molar-refractivity contribution < 1.29 is 27.9 Å². The Hall–Kier alpha value is -1.15. The van der Waals surface area contributed by atoms with E-state index < -0.39 is 27.9 Å². The molecule has 0 amide bonds. The van der Waals surface area contributed by atoms with Crippen molar-refractivity contribution in [1.82, 2.24) is 4.31 Å². The van der Waals surface area contributed by atoms with Crippen molar-refractivity contribution >= 4 is 22.0 Å². The number of hydrogen-bond donors (Lipinski definition) is 1. The summed E-state index contributed by atoms with van der Waals surface area (Å²) in [6.45, 7) is 2.19. The fourth-order valence-electron chi connectivity index (χ4n) is 2.34. The summed E-state index contributed by atoms with van der Waals surface area (Å²) in [6, 6.07) is 0. The molecule has 2 atom stereocenters. The molecule has 0 spiro atoms. The van der Waals surface area contributed by atoms with Gasteiger partial charge in [0.1, 0.15) is 0 Å². The number of carboxylic acid groups (broad SMARTS) is 1. The van der Waals surface area contributed by atoms with E-state index in [1.807, 2.05) is 6.92 Å². The first-order valence-corrected chi connectivity index (χ1v) is 8.14. The van der Waals surface area contributed by atoms with Crippen LogP contribution in [0.1, 0.15) is 26.2 Å². The summed E-state index contributed by atoms with van der Waals surface area (Å²) in [4.78, 5) is 22.0. The van der Waals surface area contributed by atoms with Crippen LogP contribution in [0, 0.1) is 11.8 Å². The van der Waals surface area contributed by atoms with Gasteiger partial charge in [0.25, 0.3) is 0 Å². The number of methoxy groups -OCH3 is 1. The van der Waals surface area contributed by atoms with E-state index in [-0.39, 0.29) is 31.1 Å². The van der Waals surface area contributed by atoms with E-state index in [9.17, 15) is 18.0 Å². The van der Waals surface area contributed by atoms with Crippen LogP contribution in [-0.4, -0.2) is 55.7 Å². The third-order valence-electron chi connectivity index (χ3n) is 3.38. The fraction of sp³-hybridized carbons (Fsp3) is 0.833. The number of piperidine rings is 1. The zero-order valence-corrected chi connectivity index (χ0v) is 12.6. The molecule has 1 N–H and O–H groups in total. The maximum absolute atomic E-state index is 12.2. The molecule has 0 aromatic heterocycles. The summed E-state index contributed by atoms with van der Waals surface area (Å²) < 4.78 is 30.0. The summed E-state index contributed by atoms with van der Waals surface area (Å²) >= 11 is 0. The molecule has 0 bridgehead atoms. The molecule has 1 saturated heterocycles. The molecule has 20 heavy (non-hydrogen) atoms. The number of sulfonamides is 1. The molecule has 7 nitrogen and oxygen atoms in total. The minimum absolute atomic E-state index is 0.0141. The van der Waals surface area contributed by atoms with Crippen molar-refractivity contribution in [3.8, 4) is 0 Å². The summed E-state index contributed by atoms with van der Waals surface area (Å²) in [5.41, 5.74) is 0. The van der Waals surface area contributed by atoms with Gasteiger partial charge in [-0.15, -0.1) is 0 Å². The van der Waals surface area contributed by atoms with E-state index in [1.165, 1.54) is 11.4 Å². The second kappa shape index (κ2) is 7.03. The quantitative estimate of drug-likeness (QED) is 0.709. The second-order valence-electron chi connectivity index (χ2n) is 5.19. The average molecular weight is 307 g/mol. The van der Waals surface area contributed by atoms with E-state index in [4.69, 9.17) is 5.11 Å². The zero-order valence-electron chi connectivity index (χ0n) is 11.7. The Labute approximate surface area is 118 Å². The van der Waals surface area contributed by atoms with E-state index in [2.05, 4.69) is 4.74 Å². The minimum atomic E-state index is -3.52. The van der Waals surface area contributed by atoms with Crippen LogP contribution in [0.2, 0.25) is 0 Å². The van der Waals surface area contributed by atoms with Crippen LogP contribution >= 0.6 is 0 Å². The predicted octanol–water partition coefficient (Wildman–Crippen LogP) is 0.312. The lowest BCUT2D eigenvalue weighted by Crippen LogP contribution is -2.46. The first-order valence-electron chi connectivity index (χ1n) is 6.53. The molecule has 1 rings (SSSR count). The Bertz CT molecular complexity index is 461. The molecule has 1 heterocycles. The summed E-state index contributed by atoms with van der Waals surface area (Å²) in [5, 5.41) is 9.04. The average Bonchev–Trinajstić information content (AvgIpc) is 2.37. The molecule has 0 aromatic rings. The Morgan fingerprint density at radius 2 is 2.00 bits per heavy atom. The SMILES string of the molecule is COC(=O)CCCS(=O)(=O)N1CC(C)CC(C(=O)O)C1. The maximum Gasteiger partial charge on any atom is 0.307 e. The molecule has 2 unspecified atom stereocenters. The molecule has 116 valence electrons. The van der Waals surface area contributed by atoms with Gasteiger partial charge in [-0.1, -0.05) is 6.92 Å². The van der Waals surface area contributed by atoms with Crippen LogP contribution in [0.3, 0.4) is 0 Å². The van der Waals surface area contributed by atoms with Crippen molar-refractivity contribution in [3.63, 3.8) is 0 Å². The van der Waals surface area contributed by atoms with Crippen molar-refractivity contribution in [2.24, 2.45) is 11.8 Å². The number of carbonyl (C=O) groups is 2. The number of esters is 1. The molecule has 1 fully saturated rings. The van der Waals surface area contributed by atoms with Crippen LogP contribution in [-0.2, 0) is 24.3 Å². The van der Waals surface area contributed by atoms with Crippen LogP contribution in [0.4, 0.5) is 0 Å². The van der Waals surface area contributed by atoms with Gasteiger partial charge in [0.2, 0.25) is 10.0 Å². The normalized spacial score (nSPS) is 24.3. The molecule has 1 aliphatic rings. The van der Waals surface area contributed by atoms with Crippen molar-refractivity contribution in [3.05, 3.63) is 0 Å². The lowest BCUT2D eigenvalue weighted by molar-refractivity contribution is -0.143. The van der Waals surface area contributed by atoms with Gasteiger partial charge < -0.3 is 9.84 Å². The van der Waals surface area contributed by atoms with Gasteiger partial charge in [-0.25, -0.2) is 12.7 Å². The highest BCUT2D eigenvalue weighted by molar-refractivity contribution is 7.89. The molecular formula is C12H21NO6S. The van der Waals surface area contributed by atoms with Gasteiger partial charge >= 0.3 is 11.9 Å². The highest BCUT2D eigenvalue weighted by Gasteiger charge is 2.35. The Morgan fingerprint density at radius 3 is 2.55 bits per heavy atom. The standard InChI is InChI=1S/C12H21NO6S/c1-9-6-10(12(15)16)8-13(7-9)20(17,18)5-3-4-11(14)19-2/h9-10H,3-8H2,1-2H3,(H,15,16). The monoisotopic (exact) mass is 307 g/mol. The lowest BCUT2D eigenvalue weighted by atomic mass is 9.92. The number of rotatable bonds is 6. The summed E-state index contributed by atoms with van der Waals surface area (Å²) in [5.74, 6) is -2.22. The minimum Gasteiger partial charge on any atom is -0.481 e. The second-order valence-corrected chi connectivity index (χ2v) is 7.28. The van der Waals surface area contributed by atoms with Crippen LogP contribution in [0.25, 0.3) is 0 Å². The van der Waals surface area contributed by atoms with Crippen LogP contribution < -0.4 is 0 Å². The number of ether oxygens (including phenoxy) is 1. The number of carbonyl (C=O) groups excluding carboxylic acids is 1. The molecule has 0 radical (unpaired) electrons. The van der Waals surface area contributed by atoms with Crippen molar-refractivity contribution in [1.29, 1.82) is 0 Å². The summed E-state index contributed by atoms with van der Waals surface area (Å²) in [6.07, 6.45) is 0.711. The molecule has 1 aliphatic heterocycles. The number of aliphatic carboxylic acids is 1. The molecular weight excluding hydrogens is 286 g/mol. The zero-order chi connectivity index (χ0) is 15.3. The topological polar surface area (TPSA) is 101 Å². The van der Waals surface area contributed by atoms with Crippen molar-refractivity contribution in [2.75, 3.05) is 26.0 Å². The van der Waals surface area contributed by atoms with Crippen LogP contribution in [0.15, 0.2) is 0 Å². The Morgan fingerprint density at radius 1 is 1.35 bits per heavy atom. The largest absolute Gasteiger partial charge is 0.481 e. The smallest absolute Gasteiger partial charge is 0.307 e. The van der Waals surface area contributed by atoms with E-state index in [0.717, 1.165) is 0 Å². The first-order chi connectivity index (χ1) is 9.26. The van der Waals surface area contributed by atoms with E-state index in [0.29, 0.717) is 13.0 Å². The molecule has 0 aromatic carbocycles. The lowest BCUT2D eigenvalue weighted by Gasteiger charge is -2.33. The molecule has 8 heteroatoms. The molecule has 0 aliphatic carbocycles. The summed E-state index contributed by atoms with van der Waals surface area (Å²) in [7, 11) is -2.27. The van der Waals surface area contributed by atoms with Gasteiger partial charge in [-0.05, 0) is 18.8 Å². The third-order valence-corrected chi connectivity index (χ3v) is 5.27. The number of nitrogens with zero attached hydrogens (tertiary/aromatic N) is 1. The van der Waals surface area contributed by atoms with E-state index >= 15 is 0 Å². The number of carboxylic acids is 1.